The van der Waals surface area contributed by atoms with Crippen molar-refractivity contribution >= 4 is 0 Å². The molecule has 2 rings (SSSR count). The number of nitrogens with zero attached hydrogens (tertiary/aromatic N) is 1. The van der Waals surface area contributed by atoms with Crippen LogP contribution in [0.5, 0.6) is 0 Å². The number of ether oxygens (including phenoxy) is 1. The van der Waals surface area contributed by atoms with Crippen LogP contribution >= 0.6 is 0 Å². The highest BCUT2D eigenvalue weighted by Crippen LogP contribution is 2.26. The van der Waals surface area contributed by atoms with Gasteiger partial charge >= 0.3 is 0 Å². The van der Waals surface area contributed by atoms with Gasteiger partial charge in [-0.15, -0.1) is 0 Å². The number of rotatable bonds is 10. The van der Waals surface area contributed by atoms with Gasteiger partial charge < -0.3 is 15.0 Å². The highest BCUT2D eigenvalue weighted by Gasteiger charge is 2.22. The van der Waals surface area contributed by atoms with Crippen LogP contribution < -0.4 is 5.32 Å². The summed E-state index contributed by atoms with van der Waals surface area (Å²) in [4.78, 5) is 2.57. The number of hydrogen-bond donors (Lipinski definition) is 1. The molecule has 1 saturated heterocycles. The molecule has 0 aromatic heterocycles. The van der Waals surface area contributed by atoms with Gasteiger partial charge in [0.2, 0.25) is 0 Å². The Morgan fingerprint density at radius 2 is 2.05 bits per heavy atom. The summed E-state index contributed by atoms with van der Waals surface area (Å²) in [5.41, 5.74) is 1.50. The molecule has 21 heavy (non-hydrogen) atoms. The molecule has 0 saturated carbocycles. The molecule has 0 aliphatic carbocycles. The van der Waals surface area contributed by atoms with E-state index < -0.39 is 0 Å². The summed E-state index contributed by atoms with van der Waals surface area (Å²) in [6.45, 7) is 9.57. The normalized spacial score (nSPS) is 19.2. The van der Waals surface area contributed by atoms with Gasteiger partial charge in [-0.05, 0) is 30.9 Å². The molecule has 1 aliphatic heterocycles. The van der Waals surface area contributed by atoms with Crippen LogP contribution in [0.25, 0.3) is 0 Å². The maximum absolute atomic E-state index is 5.54. The van der Waals surface area contributed by atoms with Crippen molar-refractivity contribution in [2.24, 2.45) is 0 Å². The highest BCUT2D eigenvalue weighted by atomic mass is 16.5. The first-order valence-corrected chi connectivity index (χ1v) is 8.46. The SMILES string of the molecule is CCCCOCCNCCN1CCC(c2ccccc2)C1. The number of benzene rings is 1. The van der Waals surface area contributed by atoms with Gasteiger partial charge in [-0.25, -0.2) is 0 Å². The summed E-state index contributed by atoms with van der Waals surface area (Å²) >= 11 is 0. The predicted molar refractivity (Wildman–Crippen MR) is 88.8 cm³/mol. The van der Waals surface area contributed by atoms with E-state index in [4.69, 9.17) is 4.74 Å². The lowest BCUT2D eigenvalue weighted by Crippen LogP contribution is -2.32. The Labute approximate surface area is 129 Å². The minimum atomic E-state index is 0.726. The van der Waals surface area contributed by atoms with E-state index in [9.17, 15) is 0 Å². The fraction of sp³-hybridized carbons (Fsp3) is 0.667. The predicted octanol–water partition coefficient (Wildman–Crippen LogP) is 2.88. The van der Waals surface area contributed by atoms with E-state index in [1.54, 1.807) is 0 Å². The topological polar surface area (TPSA) is 24.5 Å². The third-order valence-corrected chi connectivity index (χ3v) is 4.21. The smallest absolute Gasteiger partial charge is 0.0590 e. The lowest BCUT2D eigenvalue weighted by atomic mass is 9.99. The molecule has 118 valence electrons. The molecule has 1 aromatic rings. The number of nitrogens with one attached hydrogen (secondary N) is 1. The van der Waals surface area contributed by atoms with Gasteiger partial charge in [0, 0.05) is 32.8 Å². The average Bonchev–Trinajstić information content (AvgIpc) is 3.00. The first-order chi connectivity index (χ1) is 10.4. The maximum Gasteiger partial charge on any atom is 0.0590 e. The van der Waals surface area contributed by atoms with Crippen LogP contribution in [-0.4, -0.2) is 50.8 Å². The van der Waals surface area contributed by atoms with Crippen LogP contribution in [0.3, 0.4) is 0 Å². The summed E-state index contributed by atoms with van der Waals surface area (Å²) in [5.74, 6) is 0.726. The molecule has 1 unspecified atom stereocenters. The van der Waals surface area contributed by atoms with E-state index in [0.29, 0.717) is 0 Å². The van der Waals surface area contributed by atoms with Gasteiger partial charge in [0.1, 0.15) is 0 Å². The fourth-order valence-electron chi connectivity index (χ4n) is 2.89. The molecule has 1 atom stereocenters. The zero-order valence-electron chi connectivity index (χ0n) is 13.4. The highest BCUT2D eigenvalue weighted by molar-refractivity contribution is 5.20. The lowest BCUT2D eigenvalue weighted by molar-refractivity contribution is 0.132. The quantitative estimate of drug-likeness (QED) is 0.671. The van der Waals surface area contributed by atoms with Gasteiger partial charge in [-0.2, -0.15) is 0 Å². The van der Waals surface area contributed by atoms with Crippen LogP contribution in [0.2, 0.25) is 0 Å². The van der Waals surface area contributed by atoms with Crippen molar-refractivity contribution in [2.45, 2.75) is 32.1 Å². The largest absolute Gasteiger partial charge is 0.380 e. The van der Waals surface area contributed by atoms with E-state index in [0.717, 1.165) is 38.8 Å². The second-order valence-corrected chi connectivity index (χ2v) is 5.91. The Balaban J connectivity index is 1.51. The minimum Gasteiger partial charge on any atom is -0.380 e. The molecule has 1 aliphatic rings. The van der Waals surface area contributed by atoms with Crippen molar-refractivity contribution in [3.63, 3.8) is 0 Å². The molecular formula is C18H30N2O. The Bertz CT molecular complexity index is 369. The lowest BCUT2D eigenvalue weighted by Gasteiger charge is -2.16. The summed E-state index contributed by atoms with van der Waals surface area (Å²) < 4.78 is 5.54. The molecule has 0 bridgehead atoms. The first-order valence-electron chi connectivity index (χ1n) is 8.46. The van der Waals surface area contributed by atoms with Gasteiger partial charge in [0.15, 0.2) is 0 Å². The van der Waals surface area contributed by atoms with Gasteiger partial charge in [0.25, 0.3) is 0 Å². The van der Waals surface area contributed by atoms with Crippen LogP contribution in [0, 0.1) is 0 Å². The average molecular weight is 290 g/mol. The van der Waals surface area contributed by atoms with Gasteiger partial charge in [0.05, 0.1) is 6.61 Å². The van der Waals surface area contributed by atoms with E-state index in [1.165, 1.54) is 37.9 Å². The van der Waals surface area contributed by atoms with Crippen molar-refractivity contribution in [2.75, 3.05) is 45.9 Å². The zero-order chi connectivity index (χ0) is 14.8. The van der Waals surface area contributed by atoms with Crippen molar-refractivity contribution in [3.05, 3.63) is 35.9 Å². The summed E-state index contributed by atoms with van der Waals surface area (Å²) in [5, 5.41) is 3.48. The second kappa shape index (κ2) is 9.93. The minimum absolute atomic E-state index is 0.726. The number of unbranched alkanes of at least 4 members (excludes halogenated alkanes) is 1. The molecule has 0 radical (unpaired) electrons. The van der Waals surface area contributed by atoms with Gasteiger partial charge in [-0.3, -0.25) is 0 Å². The fourth-order valence-corrected chi connectivity index (χ4v) is 2.89. The van der Waals surface area contributed by atoms with Gasteiger partial charge in [-0.1, -0.05) is 43.7 Å². The number of hydrogen-bond acceptors (Lipinski definition) is 3. The van der Waals surface area contributed by atoms with E-state index in [-0.39, 0.29) is 0 Å². The molecule has 3 heteroatoms. The van der Waals surface area contributed by atoms with Crippen LogP contribution in [-0.2, 0) is 4.74 Å². The van der Waals surface area contributed by atoms with Crippen LogP contribution in [0.1, 0.15) is 37.7 Å². The molecule has 0 amide bonds. The monoisotopic (exact) mass is 290 g/mol. The van der Waals surface area contributed by atoms with E-state index in [1.807, 2.05) is 0 Å². The van der Waals surface area contributed by atoms with Crippen LogP contribution in [0.4, 0.5) is 0 Å². The van der Waals surface area contributed by atoms with Crippen LogP contribution in [0.15, 0.2) is 30.3 Å². The van der Waals surface area contributed by atoms with Crippen molar-refractivity contribution in [3.8, 4) is 0 Å². The van der Waals surface area contributed by atoms with E-state index >= 15 is 0 Å². The molecule has 1 aromatic carbocycles. The second-order valence-electron chi connectivity index (χ2n) is 5.91. The third-order valence-electron chi connectivity index (χ3n) is 4.21. The van der Waals surface area contributed by atoms with Crippen molar-refractivity contribution in [1.82, 2.24) is 10.2 Å². The molecule has 1 fully saturated rings. The van der Waals surface area contributed by atoms with E-state index in [2.05, 4.69) is 47.5 Å². The standard InChI is InChI=1S/C18H30N2O/c1-2-3-14-21-15-11-19-10-13-20-12-9-18(16-20)17-7-5-4-6-8-17/h4-8,18-19H,2-3,9-16H2,1H3. The molecule has 1 N–H and O–H groups in total. The summed E-state index contributed by atoms with van der Waals surface area (Å²) in [7, 11) is 0. The molecule has 3 nitrogen and oxygen atoms in total. The zero-order valence-corrected chi connectivity index (χ0v) is 13.4. The Morgan fingerprint density at radius 1 is 1.19 bits per heavy atom. The maximum atomic E-state index is 5.54. The van der Waals surface area contributed by atoms with Crippen molar-refractivity contribution < 1.29 is 4.74 Å². The third kappa shape index (κ3) is 6.16. The molecular weight excluding hydrogens is 260 g/mol. The summed E-state index contributed by atoms with van der Waals surface area (Å²) in [6, 6.07) is 10.9. The summed E-state index contributed by atoms with van der Waals surface area (Å²) in [6.07, 6.45) is 3.68. The Kier molecular flexibility index (Phi) is 7.79. The Morgan fingerprint density at radius 3 is 2.86 bits per heavy atom. The Hall–Kier alpha value is -0.900. The molecule has 1 heterocycles. The molecule has 0 spiro atoms. The van der Waals surface area contributed by atoms with Crippen molar-refractivity contribution in [1.29, 1.82) is 0 Å². The number of likely N-dealkylation sites (tertiary alicyclic amines) is 1. The first kappa shape index (κ1) is 16.5.